The van der Waals surface area contributed by atoms with E-state index in [2.05, 4.69) is 4.98 Å². The van der Waals surface area contributed by atoms with E-state index in [0.29, 0.717) is 5.56 Å². The molecule has 0 aliphatic heterocycles. The van der Waals surface area contributed by atoms with Gasteiger partial charge >= 0.3 is 0 Å². The molecule has 0 fully saturated rings. The van der Waals surface area contributed by atoms with Crippen molar-refractivity contribution in [2.45, 2.75) is 31.8 Å². The van der Waals surface area contributed by atoms with Gasteiger partial charge in [-0.05, 0) is 48.7 Å². The minimum atomic E-state index is -3.97. The summed E-state index contributed by atoms with van der Waals surface area (Å²) in [6, 6.07) is 21.4. The summed E-state index contributed by atoms with van der Waals surface area (Å²) in [5.74, 6) is 0. The molecule has 0 spiro atoms. The summed E-state index contributed by atoms with van der Waals surface area (Å²) in [6.07, 6.45) is 0. The van der Waals surface area contributed by atoms with Crippen molar-refractivity contribution < 1.29 is 8.42 Å². The summed E-state index contributed by atoms with van der Waals surface area (Å²) >= 11 is 6.23. The van der Waals surface area contributed by atoms with Crippen molar-refractivity contribution in [1.82, 2.24) is 9.29 Å². The molecule has 0 aliphatic rings. The second kappa shape index (κ2) is 8.90. The summed E-state index contributed by atoms with van der Waals surface area (Å²) < 4.78 is 28.5. The Morgan fingerprint density at radius 3 is 2.25 bits per heavy atom. The average molecular weight is 467 g/mol. The monoisotopic (exact) mass is 466 g/mol. The third-order valence-electron chi connectivity index (χ3n) is 5.52. The van der Waals surface area contributed by atoms with Gasteiger partial charge in [0.05, 0.1) is 10.5 Å². The van der Waals surface area contributed by atoms with Crippen LogP contribution in [0.15, 0.2) is 82.5 Å². The van der Waals surface area contributed by atoms with E-state index in [1.54, 1.807) is 24.3 Å². The predicted octanol–water partition coefficient (Wildman–Crippen LogP) is 5.19. The Kier molecular flexibility index (Phi) is 6.20. The van der Waals surface area contributed by atoms with Crippen molar-refractivity contribution in [2.75, 3.05) is 0 Å². The maximum atomic E-state index is 13.6. The number of aromatic amines is 1. The first-order valence-corrected chi connectivity index (χ1v) is 12.0. The van der Waals surface area contributed by atoms with Gasteiger partial charge in [0, 0.05) is 24.0 Å². The first-order chi connectivity index (χ1) is 15.3. The maximum absolute atomic E-state index is 13.6. The van der Waals surface area contributed by atoms with Crippen LogP contribution < -0.4 is 5.56 Å². The molecule has 7 heteroatoms. The number of H-pyrrole nitrogens is 1. The van der Waals surface area contributed by atoms with E-state index in [4.69, 9.17) is 11.6 Å². The Morgan fingerprint density at radius 1 is 0.875 bits per heavy atom. The molecule has 1 aromatic heterocycles. The number of halogens is 1. The average Bonchev–Trinajstić information content (AvgIpc) is 2.77. The van der Waals surface area contributed by atoms with E-state index in [-0.39, 0.29) is 28.6 Å². The number of aryl methyl sites for hydroxylation is 2. The van der Waals surface area contributed by atoms with Crippen LogP contribution in [0.5, 0.6) is 0 Å². The summed E-state index contributed by atoms with van der Waals surface area (Å²) in [5.41, 5.74) is 3.61. The molecule has 1 heterocycles. The van der Waals surface area contributed by atoms with Crippen molar-refractivity contribution in [3.8, 4) is 0 Å². The zero-order valence-electron chi connectivity index (χ0n) is 17.8. The normalized spacial score (nSPS) is 11.9. The molecule has 1 N–H and O–H groups in total. The quantitative estimate of drug-likeness (QED) is 0.425. The Hall–Kier alpha value is -2.93. The van der Waals surface area contributed by atoms with Crippen molar-refractivity contribution in [3.63, 3.8) is 0 Å². The summed E-state index contributed by atoms with van der Waals surface area (Å²) in [6.45, 7) is 3.92. The molecular formula is C25H23ClN2O3S. The smallest absolute Gasteiger partial charge is 0.252 e. The summed E-state index contributed by atoms with van der Waals surface area (Å²) in [5, 5.41) is 1.04. The first-order valence-electron chi connectivity index (χ1n) is 10.2. The standard InChI is InChI=1S/C25H23ClN2O3S/c1-17-12-13-18(2)24-21(17)14-20(25(29)27-24)16-28(15-19-8-4-3-5-9-19)32(30,31)23-11-7-6-10-22(23)26/h3-14H,15-16H2,1-2H3,(H,27,29). The third kappa shape index (κ3) is 4.35. The van der Waals surface area contributed by atoms with Crippen molar-refractivity contribution in [1.29, 1.82) is 0 Å². The number of fused-ring (bicyclic) bond motifs is 1. The lowest BCUT2D eigenvalue weighted by Gasteiger charge is -2.23. The number of aromatic nitrogens is 1. The van der Waals surface area contributed by atoms with Gasteiger partial charge in [0.2, 0.25) is 10.0 Å². The Labute approximate surface area is 192 Å². The number of sulfonamides is 1. The van der Waals surface area contributed by atoms with E-state index in [1.807, 2.05) is 56.3 Å². The van der Waals surface area contributed by atoms with Crippen molar-refractivity contribution >= 4 is 32.5 Å². The number of rotatable bonds is 6. The molecule has 4 rings (SSSR count). The number of benzene rings is 3. The second-order valence-corrected chi connectivity index (χ2v) is 10.1. The van der Waals surface area contributed by atoms with Gasteiger partial charge in [-0.3, -0.25) is 4.79 Å². The topological polar surface area (TPSA) is 70.2 Å². The SMILES string of the molecule is Cc1ccc(C)c2[nH]c(=O)c(CN(Cc3ccccc3)S(=O)(=O)c3ccccc3Cl)cc12. The van der Waals surface area contributed by atoms with Crippen LogP contribution in [0.1, 0.15) is 22.3 Å². The van der Waals surface area contributed by atoms with Gasteiger partial charge in [-0.25, -0.2) is 8.42 Å². The van der Waals surface area contributed by atoms with Crippen LogP contribution in [-0.2, 0) is 23.1 Å². The molecule has 0 unspecified atom stereocenters. The number of hydrogen-bond acceptors (Lipinski definition) is 3. The highest BCUT2D eigenvalue weighted by atomic mass is 35.5. The molecule has 164 valence electrons. The van der Waals surface area contributed by atoms with E-state index in [9.17, 15) is 13.2 Å². The molecular weight excluding hydrogens is 444 g/mol. The summed E-state index contributed by atoms with van der Waals surface area (Å²) in [4.78, 5) is 15.9. The van der Waals surface area contributed by atoms with Gasteiger partial charge in [-0.1, -0.05) is 66.2 Å². The molecule has 0 bridgehead atoms. The third-order valence-corrected chi connectivity index (χ3v) is 7.82. The summed E-state index contributed by atoms with van der Waals surface area (Å²) in [7, 11) is -3.97. The lowest BCUT2D eigenvalue weighted by Crippen LogP contribution is -2.32. The fourth-order valence-corrected chi connectivity index (χ4v) is 5.63. The van der Waals surface area contributed by atoms with Crippen molar-refractivity contribution in [2.24, 2.45) is 0 Å². The van der Waals surface area contributed by atoms with E-state index in [0.717, 1.165) is 27.6 Å². The number of nitrogens with one attached hydrogen (secondary N) is 1. The zero-order valence-corrected chi connectivity index (χ0v) is 19.4. The number of pyridine rings is 1. The van der Waals surface area contributed by atoms with Crippen LogP contribution in [0.25, 0.3) is 10.9 Å². The molecule has 4 aromatic rings. The van der Waals surface area contributed by atoms with Gasteiger partial charge in [0.25, 0.3) is 5.56 Å². The number of nitrogens with zero attached hydrogens (tertiary/aromatic N) is 1. The largest absolute Gasteiger partial charge is 0.321 e. The molecule has 0 amide bonds. The van der Waals surface area contributed by atoms with Crippen LogP contribution in [0.4, 0.5) is 0 Å². The highest BCUT2D eigenvalue weighted by molar-refractivity contribution is 7.89. The van der Waals surface area contributed by atoms with Crippen LogP contribution in [0, 0.1) is 13.8 Å². The highest BCUT2D eigenvalue weighted by Crippen LogP contribution is 2.27. The highest BCUT2D eigenvalue weighted by Gasteiger charge is 2.28. The van der Waals surface area contributed by atoms with Crippen LogP contribution in [0.2, 0.25) is 5.02 Å². The van der Waals surface area contributed by atoms with Gasteiger partial charge < -0.3 is 4.98 Å². The minimum Gasteiger partial charge on any atom is -0.321 e. The van der Waals surface area contributed by atoms with Gasteiger partial charge in [-0.2, -0.15) is 4.31 Å². The van der Waals surface area contributed by atoms with Crippen LogP contribution >= 0.6 is 11.6 Å². The molecule has 0 atom stereocenters. The maximum Gasteiger partial charge on any atom is 0.252 e. The fraction of sp³-hybridized carbons (Fsp3) is 0.160. The van der Waals surface area contributed by atoms with Gasteiger partial charge in [0.1, 0.15) is 4.90 Å². The predicted molar refractivity (Wildman–Crippen MR) is 128 cm³/mol. The molecule has 0 saturated heterocycles. The van der Waals surface area contributed by atoms with E-state index in [1.165, 1.54) is 10.4 Å². The minimum absolute atomic E-state index is 0.0156. The zero-order chi connectivity index (χ0) is 22.9. The molecule has 0 saturated carbocycles. The van der Waals surface area contributed by atoms with Crippen molar-refractivity contribution in [3.05, 3.63) is 110 Å². The van der Waals surface area contributed by atoms with Gasteiger partial charge in [-0.15, -0.1) is 0 Å². The first kappa shape index (κ1) is 22.3. The molecule has 0 aliphatic carbocycles. The molecule has 5 nitrogen and oxygen atoms in total. The molecule has 0 radical (unpaired) electrons. The van der Waals surface area contributed by atoms with E-state index >= 15 is 0 Å². The van der Waals surface area contributed by atoms with Gasteiger partial charge in [0.15, 0.2) is 0 Å². The number of hydrogen-bond donors (Lipinski definition) is 1. The Morgan fingerprint density at radius 2 is 1.53 bits per heavy atom. The lowest BCUT2D eigenvalue weighted by atomic mass is 10.0. The Balaban J connectivity index is 1.83. The van der Waals surface area contributed by atoms with Crippen LogP contribution in [0.3, 0.4) is 0 Å². The second-order valence-electron chi connectivity index (χ2n) is 7.80. The van der Waals surface area contributed by atoms with Crippen LogP contribution in [-0.4, -0.2) is 17.7 Å². The molecule has 3 aromatic carbocycles. The molecule has 32 heavy (non-hydrogen) atoms. The Bertz CT molecular complexity index is 1450. The van der Waals surface area contributed by atoms with E-state index < -0.39 is 10.0 Å². The lowest BCUT2D eigenvalue weighted by molar-refractivity contribution is 0.400. The fourth-order valence-electron chi connectivity index (χ4n) is 3.73.